The van der Waals surface area contributed by atoms with E-state index >= 15 is 0 Å². The van der Waals surface area contributed by atoms with E-state index in [1.807, 2.05) is 13.1 Å². The van der Waals surface area contributed by atoms with Gasteiger partial charge < -0.3 is 10.2 Å². The van der Waals surface area contributed by atoms with E-state index in [0.29, 0.717) is 6.04 Å². The standard InChI is InChI=1S/C11H15N3O.C10H11NS.FH/c1-2-9-3-4-11(5-12-9)14-6-10(7-14)13-8-15;1-6-4-7(2)11-10-9(6)5-8(3)12-10;/h3-5,8,10H,2,6-7H2,1H3,(H,13,15);4-5H,1-3H3;1H. The van der Waals surface area contributed by atoms with Gasteiger partial charge in [-0.15, -0.1) is 11.3 Å². The Bertz CT molecular complexity index is 920. The number of nitrogens with one attached hydrogen (secondary N) is 1. The van der Waals surface area contributed by atoms with Crippen molar-refractivity contribution in [2.75, 3.05) is 18.0 Å². The van der Waals surface area contributed by atoms with Crippen LogP contribution in [0.4, 0.5) is 10.4 Å². The molecule has 0 saturated carbocycles. The van der Waals surface area contributed by atoms with Crippen LogP contribution >= 0.6 is 11.3 Å². The van der Waals surface area contributed by atoms with Crippen molar-refractivity contribution in [2.45, 2.75) is 40.2 Å². The van der Waals surface area contributed by atoms with Gasteiger partial charge in [-0.2, -0.15) is 0 Å². The maximum atomic E-state index is 10.2. The zero-order valence-corrected chi connectivity index (χ0v) is 17.5. The number of aryl methyl sites for hydroxylation is 4. The van der Waals surface area contributed by atoms with Crippen LogP contribution in [0.25, 0.3) is 10.2 Å². The minimum absolute atomic E-state index is 0. The fourth-order valence-electron chi connectivity index (χ4n) is 3.15. The van der Waals surface area contributed by atoms with Crippen LogP contribution in [0.1, 0.15) is 28.8 Å². The van der Waals surface area contributed by atoms with Gasteiger partial charge in [0.15, 0.2) is 0 Å². The number of halogens is 1. The van der Waals surface area contributed by atoms with E-state index in [-0.39, 0.29) is 4.70 Å². The van der Waals surface area contributed by atoms with Crippen LogP contribution in [-0.2, 0) is 11.2 Å². The molecule has 150 valence electrons. The molecular formula is C21H27FN4OS. The first-order valence-corrected chi connectivity index (χ1v) is 10.1. The first-order chi connectivity index (χ1) is 13.0. The SMILES string of the molecule is CCc1ccc(N2CC(NC=O)C2)cn1.Cc1cc(C)c2cc(C)sc2n1.F. The molecule has 1 saturated heterocycles. The lowest BCUT2D eigenvalue weighted by atomic mass is 10.1. The number of hydrogen-bond acceptors (Lipinski definition) is 5. The van der Waals surface area contributed by atoms with Gasteiger partial charge in [0, 0.05) is 34.7 Å². The average Bonchev–Trinajstić information content (AvgIpc) is 2.99. The normalized spacial score (nSPS) is 13.2. The van der Waals surface area contributed by atoms with E-state index in [4.69, 9.17) is 0 Å². The molecule has 1 aliphatic heterocycles. The van der Waals surface area contributed by atoms with Crippen molar-refractivity contribution in [1.29, 1.82) is 0 Å². The highest BCUT2D eigenvalue weighted by molar-refractivity contribution is 7.18. The molecule has 0 bridgehead atoms. The quantitative estimate of drug-likeness (QED) is 0.672. The molecule has 3 aromatic rings. The molecule has 0 aromatic carbocycles. The Morgan fingerprint density at radius 3 is 2.61 bits per heavy atom. The van der Waals surface area contributed by atoms with E-state index in [1.54, 1.807) is 11.3 Å². The van der Waals surface area contributed by atoms with Crippen molar-refractivity contribution in [3.8, 4) is 0 Å². The molecule has 1 amide bonds. The first-order valence-electron chi connectivity index (χ1n) is 9.24. The van der Waals surface area contributed by atoms with Gasteiger partial charge in [-0.3, -0.25) is 14.5 Å². The van der Waals surface area contributed by atoms with Crippen LogP contribution in [-0.4, -0.2) is 35.5 Å². The number of fused-ring (bicyclic) bond motifs is 1. The Hall–Kier alpha value is -2.54. The maximum Gasteiger partial charge on any atom is 0.207 e. The number of hydrogen-bond donors (Lipinski definition) is 1. The fraction of sp³-hybridized carbons (Fsp3) is 0.381. The van der Waals surface area contributed by atoms with Crippen molar-refractivity contribution in [1.82, 2.24) is 15.3 Å². The summed E-state index contributed by atoms with van der Waals surface area (Å²) in [5, 5.41) is 4.07. The predicted octanol–water partition coefficient (Wildman–Crippen LogP) is 3.95. The number of amides is 1. The molecule has 0 atom stereocenters. The molecule has 1 aliphatic rings. The second-order valence-corrected chi connectivity index (χ2v) is 8.14. The van der Waals surface area contributed by atoms with E-state index in [9.17, 15) is 4.79 Å². The summed E-state index contributed by atoms with van der Waals surface area (Å²) in [6.07, 6.45) is 3.63. The lowest BCUT2D eigenvalue weighted by molar-refractivity contribution is -0.110. The molecule has 5 nitrogen and oxygen atoms in total. The predicted molar refractivity (Wildman–Crippen MR) is 115 cm³/mol. The summed E-state index contributed by atoms with van der Waals surface area (Å²) in [7, 11) is 0. The first kappa shape index (κ1) is 21.8. The third-order valence-electron chi connectivity index (χ3n) is 4.69. The summed E-state index contributed by atoms with van der Waals surface area (Å²) in [5.41, 5.74) is 4.70. The molecule has 4 heterocycles. The average molecular weight is 403 g/mol. The topological polar surface area (TPSA) is 58.1 Å². The van der Waals surface area contributed by atoms with Crippen LogP contribution in [0.3, 0.4) is 0 Å². The van der Waals surface area contributed by atoms with Crippen LogP contribution in [0.5, 0.6) is 0 Å². The Balaban J connectivity index is 0.000000198. The number of nitrogens with zero attached hydrogens (tertiary/aromatic N) is 3. The third kappa shape index (κ3) is 5.04. The van der Waals surface area contributed by atoms with E-state index in [1.165, 1.54) is 20.7 Å². The van der Waals surface area contributed by atoms with E-state index in [2.05, 4.69) is 65.2 Å². The van der Waals surface area contributed by atoms with Gasteiger partial charge in [-0.1, -0.05) is 6.92 Å². The molecule has 1 N–H and O–H groups in total. The molecule has 1 fully saturated rings. The second-order valence-electron chi connectivity index (χ2n) is 6.90. The van der Waals surface area contributed by atoms with Gasteiger partial charge in [0.2, 0.25) is 6.41 Å². The Morgan fingerprint density at radius 1 is 1.25 bits per heavy atom. The fourth-order valence-corrected chi connectivity index (χ4v) is 4.16. The van der Waals surface area contributed by atoms with Crippen LogP contribution in [0, 0.1) is 20.8 Å². The van der Waals surface area contributed by atoms with Gasteiger partial charge in [0.1, 0.15) is 4.83 Å². The molecule has 28 heavy (non-hydrogen) atoms. The minimum Gasteiger partial charge on any atom is -0.366 e. The largest absolute Gasteiger partial charge is 0.366 e. The third-order valence-corrected chi connectivity index (χ3v) is 5.63. The summed E-state index contributed by atoms with van der Waals surface area (Å²) < 4.78 is 0. The highest BCUT2D eigenvalue weighted by atomic mass is 32.1. The highest BCUT2D eigenvalue weighted by Crippen LogP contribution is 2.26. The van der Waals surface area contributed by atoms with E-state index in [0.717, 1.165) is 43.0 Å². The molecular weight excluding hydrogens is 375 g/mol. The van der Waals surface area contributed by atoms with Crippen molar-refractivity contribution in [2.24, 2.45) is 0 Å². The molecule has 0 radical (unpaired) electrons. The summed E-state index contributed by atoms with van der Waals surface area (Å²) in [6, 6.07) is 8.78. The number of aromatic nitrogens is 2. The number of rotatable bonds is 4. The minimum atomic E-state index is 0. The van der Waals surface area contributed by atoms with Crippen molar-refractivity contribution in [3.63, 3.8) is 0 Å². The second kappa shape index (κ2) is 9.59. The van der Waals surface area contributed by atoms with Gasteiger partial charge in [0.25, 0.3) is 0 Å². The number of carbonyl (C=O) groups excluding carboxylic acids is 1. The van der Waals surface area contributed by atoms with Gasteiger partial charge in [-0.25, -0.2) is 4.98 Å². The summed E-state index contributed by atoms with van der Waals surface area (Å²) in [4.78, 5) is 23.7. The summed E-state index contributed by atoms with van der Waals surface area (Å²) in [6.45, 7) is 10.2. The van der Waals surface area contributed by atoms with Gasteiger partial charge >= 0.3 is 0 Å². The van der Waals surface area contributed by atoms with Crippen LogP contribution < -0.4 is 10.2 Å². The summed E-state index contributed by atoms with van der Waals surface area (Å²) in [5.74, 6) is 0. The van der Waals surface area contributed by atoms with E-state index < -0.39 is 0 Å². The van der Waals surface area contributed by atoms with Gasteiger partial charge in [-0.05, 0) is 57.0 Å². The van der Waals surface area contributed by atoms with Crippen molar-refractivity contribution in [3.05, 3.63) is 52.3 Å². The molecule has 7 heteroatoms. The molecule has 4 rings (SSSR count). The maximum absolute atomic E-state index is 10.2. The number of pyridine rings is 2. The Kier molecular flexibility index (Phi) is 7.45. The highest BCUT2D eigenvalue weighted by Gasteiger charge is 2.26. The summed E-state index contributed by atoms with van der Waals surface area (Å²) >= 11 is 1.77. The Morgan fingerprint density at radius 2 is 2.00 bits per heavy atom. The van der Waals surface area contributed by atoms with Crippen molar-refractivity contribution >= 4 is 33.7 Å². The lowest BCUT2D eigenvalue weighted by Crippen LogP contribution is -2.57. The molecule has 0 unspecified atom stereocenters. The Labute approximate surface area is 169 Å². The zero-order chi connectivity index (χ0) is 19.4. The van der Waals surface area contributed by atoms with Crippen LogP contribution in [0.2, 0.25) is 0 Å². The molecule has 3 aromatic heterocycles. The number of carbonyl (C=O) groups is 1. The smallest absolute Gasteiger partial charge is 0.207 e. The lowest BCUT2D eigenvalue weighted by Gasteiger charge is -2.40. The van der Waals surface area contributed by atoms with Crippen LogP contribution in [0.15, 0.2) is 30.5 Å². The van der Waals surface area contributed by atoms with Gasteiger partial charge in [0.05, 0.1) is 17.9 Å². The molecule has 0 aliphatic carbocycles. The number of thiophene rings is 1. The van der Waals surface area contributed by atoms with Crippen molar-refractivity contribution < 1.29 is 9.50 Å². The zero-order valence-electron chi connectivity index (χ0n) is 16.7. The number of anilines is 1. The molecule has 0 spiro atoms. The monoisotopic (exact) mass is 402 g/mol.